The number of carbonyl (C=O) groups is 1. The summed E-state index contributed by atoms with van der Waals surface area (Å²) in [6.45, 7) is 0. The number of H-pyrrole nitrogens is 1. The highest BCUT2D eigenvalue weighted by molar-refractivity contribution is 5.64. The molecule has 3 N–H and O–H groups in total. The molecule has 0 bridgehead atoms. The molecule has 0 aromatic carbocycles. The van der Waals surface area contributed by atoms with Crippen LogP contribution in [0.5, 0.6) is 0 Å². The topological polar surface area (TPSA) is 116 Å². The highest BCUT2D eigenvalue weighted by atomic mass is 16.7. The van der Waals surface area contributed by atoms with Gasteiger partial charge in [-0.2, -0.15) is 0 Å². The molecule has 0 unspecified atom stereocenters. The Hall–Kier alpha value is -1.86. The van der Waals surface area contributed by atoms with Gasteiger partial charge in [0.05, 0.1) is 0 Å². The number of tetrazole rings is 1. The summed E-state index contributed by atoms with van der Waals surface area (Å²) in [7, 11) is 0. The lowest BCUT2D eigenvalue weighted by molar-refractivity contribution is 0.117. The summed E-state index contributed by atoms with van der Waals surface area (Å²) < 4.78 is 0. The molecular formula is C2H3N5O3. The number of rotatable bonds is 1. The minimum Gasteiger partial charge on any atom is -0.333 e. The van der Waals surface area contributed by atoms with Gasteiger partial charge in [-0.1, -0.05) is 0 Å². The molecule has 54 valence electrons. The Balaban J connectivity index is 2.85. The quantitative estimate of drug-likeness (QED) is 0.423. The predicted octanol–water partition coefficient (Wildman–Crippen LogP) is -2.53. The van der Waals surface area contributed by atoms with Crippen LogP contribution in [0.4, 0.5) is 4.79 Å². The van der Waals surface area contributed by atoms with Crippen LogP contribution in [0.15, 0.2) is 4.79 Å². The van der Waals surface area contributed by atoms with Crippen LogP contribution >= 0.6 is 0 Å². The maximum atomic E-state index is 10.4. The van der Waals surface area contributed by atoms with E-state index in [2.05, 4.69) is 21.0 Å². The van der Waals surface area contributed by atoms with Crippen LogP contribution in [-0.4, -0.2) is 26.5 Å². The van der Waals surface area contributed by atoms with Crippen LogP contribution in [0, 0.1) is 0 Å². The molecule has 0 saturated heterocycles. The second kappa shape index (κ2) is 2.17. The molecule has 1 amide bonds. The largest absolute Gasteiger partial charge is 0.430 e. The summed E-state index contributed by atoms with van der Waals surface area (Å²) in [6.07, 6.45) is -1.13. The Bertz CT molecular complexity index is 285. The number of primary amides is 1. The van der Waals surface area contributed by atoms with Crippen molar-refractivity contribution in [2.75, 3.05) is 0 Å². The number of aromatic amines is 1. The van der Waals surface area contributed by atoms with E-state index in [9.17, 15) is 9.59 Å². The molecule has 1 heterocycles. The maximum absolute atomic E-state index is 10.4. The average Bonchev–Trinajstić information content (AvgIpc) is 2.15. The smallest absolute Gasteiger partial charge is 0.333 e. The third-order valence-electron chi connectivity index (χ3n) is 0.622. The summed E-state index contributed by atoms with van der Waals surface area (Å²) in [6, 6.07) is 0. The molecule has 8 nitrogen and oxygen atoms in total. The van der Waals surface area contributed by atoms with Gasteiger partial charge in [0.15, 0.2) is 0 Å². The van der Waals surface area contributed by atoms with Gasteiger partial charge in [0.25, 0.3) is 0 Å². The summed E-state index contributed by atoms with van der Waals surface area (Å²) in [4.78, 5) is 24.7. The Morgan fingerprint density at radius 3 is 2.90 bits per heavy atom. The molecule has 0 fully saturated rings. The number of hydrogen-bond donors (Lipinski definition) is 2. The molecule has 0 saturated carbocycles. The van der Waals surface area contributed by atoms with E-state index in [-0.39, 0.29) is 0 Å². The van der Waals surface area contributed by atoms with Crippen molar-refractivity contribution in [2.45, 2.75) is 0 Å². The van der Waals surface area contributed by atoms with Gasteiger partial charge in [-0.25, -0.2) is 14.7 Å². The van der Waals surface area contributed by atoms with Crippen LogP contribution in [0.3, 0.4) is 0 Å². The van der Waals surface area contributed by atoms with Gasteiger partial charge in [0, 0.05) is 0 Å². The molecule has 0 aliphatic rings. The fraction of sp³-hybridized carbons (Fsp3) is 0. The van der Waals surface area contributed by atoms with Crippen LogP contribution in [-0.2, 0) is 0 Å². The van der Waals surface area contributed by atoms with Crippen molar-refractivity contribution in [3.05, 3.63) is 10.5 Å². The van der Waals surface area contributed by atoms with Crippen molar-refractivity contribution in [2.24, 2.45) is 5.73 Å². The van der Waals surface area contributed by atoms with Crippen molar-refractivity contribution >= 4 is 6.09 Å². The van der Waals surface area contributed by atoms with Crippen LogP contribution in [0.25, 0.3) is 0 Å². The average molecular weight is 145 g/mol. The molecule has 10 heavy (non-hydrogen) atoms. The standard InChI is InChI=1S/C2H3N5O3/c3-1(8)10-7-2(9)4-5-6-7/h(H2,3,8)(H,4,6,9). The first kappa shape index (κ1) is 6.26. The van der Waals surface area contributed by atoms with Crippen molar-refractivity contribution < 1.29 is 9.63 Å². The second-order valence-corrected chi connectivity index (χ2v) is 1.29. The number of amides is 1. The summed E-state index contributed by atoms with van der Waals surface area (Å²) in [5.41, 5.74) is 3.78. The van der Waals surface area contributed by atoms with Gasteiger partial charge in [-0.05, 0) is 15.3 Å². The van der Waals surface area contributed by atoms with Gasteiger partial charge in [-0.3, -0.25) is 4.84 Å². The molecule has 1 aromatic heterocycles. The van der Waals surface area contributed by atoms with E-state index in [0.717, 1.165) is 0 Å². The van der Waals surface area contributed by atoms with E-state index < -0.39 is 11.8 Å². The number of hydrogen-bond acceptors (Lipinski definition) is 5. The summed E-state index contributed by atoms with van der Waals surface area (Å²) in [5, 5.41) is 7.94. The van der Waals surface area contributed by atoms with Gasteiger partial charge in [0.1, 0.15) is 0 Å². The Morgan fingerprint density at radius 1 is 1.80 bits per heavy atom. The molecule has 8 heteroatoms. The number of nitrogens with one attached hydrogen (secondary N) is 1. The lowest BCUT2D eigenvalue weighted by atomic mass is 11.3. The van der Waals surface area contributed by atoms with Gasteiger partial charge < -0.3 is 5.73 Å². The fourth-order valence-electron chi connectivity index (χ4n) is 0.334. The van der Waals surface area contributed by atoms with Crippen molar-refractivity contribution in [3.63, 3.8) is 0 Å². The normalized spacial score (nSPS) is 9.20. The van der Waals surface area contributed by atoms with Gasteiger partial charge in [0.2, 0.25) is 0 Å². The summed E-state index contributed by atoms with van der Waals surface area (Å²) >= 11 is 0. The van der Waals surface area contributed by atoms with E-state index in [1.807, 2.05) is 5.10 Å². The second-order valence-electron chi connectivity index (χ2n) is 1.29. The molecule has 1 rings (SSSR count). The molecule has 0 atom stereocenters. The minimum atomic E-state index is -1.13. The van der Waals surface area contributed by atoms with E-state index in [4.69, 9.17) is 0 Å². The zero-order valence-corrected chi connectivity index (χ0v) is 4.64. The third-order valence-corrected chi connectivity index (χ3v) is 0.622. The number of aromatic nitrogens is 4. The van der Waals surface area contributed by atoms with Crippen molar-refractivity contribution in [1.29, 1.82) is 0 Å². The fourth-order valence-corrected chi connectivity index (χ4v) is 0.334. The Labute approximate surface area is 53.5 Å². The monoisotopic (exact) mass is 145 g/mol. The molecule has 0 aliphatic heterocycles. The van der Waals surface area contributed by atoms with Crippen molar-refractivity contribution in [1.82, 2.24) is 20.4 Å². The number of nitrogens with two attached hydrogens (primary N) is 1. The van der Waals surface area contributed by atoms with E-state index in [1.165, 1.54) is 0 Å². The summed E-state index contributed by atoms with van der Waals surface area (Å²) in [5.74, 6) is 0. The molecule has 0 spiro atoms. The van der Waals surface area contributed by atoms with Crippen LogP contribution < -0.4 is 16.3 Å². The zero-order valence-electron chi connectivity index (χ0n) is 4.64. The van der Waals surface area contributed by atoms with Crippen LogP contribution in [0.1, 0.15) is 0 Å². The van der Waals surface area contributed by atoms with Gasteiger partial charge >= 0.3 is 11.8 Å². The number of carbonyl (C=O) groups excluding carboxylic acids is 1. The number of nitrogens with zero attached hydrogens (tertiary/aromatic N) is 3. The first-order valence-corrected chi connectivity index (χ1v) is 2.18. The highest BCUT2D eigenvalue weighted by Crippen LogP contribution is 1.60. The lowest BCUT2D eigenvalue weighted by Crippen LogP contribution is -2.33. The van der Waals surface area contributed by atoms with E-state index in [0.29, 0.717) is 4.85 Å². The highest BCUT2D eigenvalue weighted by Gasteiger charge is 2.01. The molecule has 0 aliphatic carbocycles. The molecule has 0 radical (unpaired) electrons. The maximum Gasteiger partial charge on any atom is 0.430 e. The third kappa shape index (κ3) is 1.10. The zero-order chi connectivity index (χ0) is 7.56. The first-order valence-electron chi connectivity index (χ1n) is 2.18. The van der Waals surface area contributed by atoms with E-state index >= 15 is 0 Å². The van der Waals surface area contributed by atoms with Gasteiger partial charge in [-0.15, -0.1) is 0 Å². The Kier molecular flexibility index (Phi) is 1.36. The molecule has 1 aromatic rings. The van der Waals surface area contributed by atoms with Crippen molar-refractivity contribution in [3.8, 4) is 0 Å². The first-order chi connectivity index (χ1) is 4.70. The minimum absolute atomic E-state index is 0.336. The SMILES string of the molecule is NC(=O)On1nn[nH]c1=O. The predicted molar refractivity (Wildman–Crippen MR) is 26.8 cm³/mol. The van der Waals surface area contributed by atoms with Crippen LogP contribution in [0.2, 0.25) is 0 Å². The lowest BCUT2D eigenvalue weighted by Gasteiger charge is -1.90. The molecular weight excluding hydrogens is 142 g/mol. The Morgan fingerprint density at radius 2 is 2.50 bits per heavy atom. The van der Waals surface area contributed by atoms with E-state index in [1.54, 1.807) is 0 Å².